The van der Waals surface area contributed by atoms with Crippen LogP contribution in [0.25, 0.3) is 0 Å². The average Bonchev–Trinajstić information content (AvgIpc) is 2.38. The van der Waals surface area contributed by atoms with Crippen LogP contribution < -0.4 is 5.32 Å². The maximum absolute atomic E-state index is 12.2. The molecule has 0 fully saturated rings. The number of rotatable bonds is 7. The maximum atomic E-state index is 12.2. The lowest BCUT2D eigenvalue weighted by Gasteiger charge is -2.14. The van der Waals surface area contributed by atoms with Gasteiger partial charge in [0.2, 0.25) is 0 Å². The largest absolute Gasteiger partial charge is 0.383 e. The molecule has 0 aromatic heterocycles. The molecule has 2 unspecified atom stereocenters. The van der Waals surface area contributed by atoms with Gasteiger partial charge >= 0.3 is 0 Å². The lowest BCUT2D eigenvalue weighted by Crippen LogP contribution is -2.35. The van der Waals surface area contributed by atoms with Crippen LogP contribution in [0.1, 0.15) is 25.3 Å². The molecule has 0 aliphatic carbocycles. The summed E-state index contributed by atoms with van der Waals surface area (Å²) < 4.78 is 17.3. The molecule has 0 aliphatic rings. The minimum absolute atomic E-state index is 0.126. The molecule has 0 bridgehead atoms. The quantitative estimate of drug-likeness (QED) is 0.824. The number of hydrogen-bond acceptors (Lipinski definition) is 3. The topological polar surface area (TPSA) is 38.3 Å². The molecule has 0 heterocycles. The summed E-state index contributed by atoms with van der Waals surface area (Å²) in [6.07, 6.45) is 0. The molecule has 1 aromatic rings. The van der Waals surface area contributed by atoms with Crippen molar-refractivity contribution in [2.45, 2.75) is 30.7 Å². The molecule has 0 radical (unpaired) electrons. The van der Waals surface area contributed by atoms with Crippen molar-refractivity contribution in [1.29, 1.82) is 0 Å². The normalized spacial score (nSPS) is 14.7. The van der Waals surface area contributed by atoms with Crippen LogP contribution in [-0.2, 0) is 15.5 Å². The highest BCUT2D eigenvalue weighted by Gasteiger charge is 2.12. The molecular weight excluding hydrogens is 246 g/mol. The molecule has 0 saturated heterocycles. The summed E-state index contributed by atoms with van der Waals surface area (Å²) in [5.41, 5.74) is 1.28. The zero-order chi connectivity index (χ0) is 13.5. The molecule has 0 saturated carbocycles. The number of hydrogen-bond donors (Lipinski definition) is 1. The van der Waals surface area contributed by atoms with Gasteiger partial charge < -0.3 is 10.1 Å². The van der Waals surface area contributed by atoms with Gasteiger partial charge in [-0.05, 0) is 30.7 Å². The summed E-state index contributed by atoms with van der Waals surface area (Å²) in [7, 11) is 2.54. The Kier molecular flexibility index (Phi) is 6.54. The number of nitrogens with one attached hydrogen (secondary N) is 1. The van der Waals surface area contributed by atoms with Crippen molar-refractivity contribution in [3.8, 4) is 0 Å². The summed E-state index contributed by atoms with van der Waals surface area (Å²) in [5.74, 6) is 1.08. The molecule has 3 nitrogen and oxygen atoms in total. The molecule has 18 heavy (non-hydrogen) atoms. The van der Waals surface area contributed by atoms with E-state index in [4.69, 9.17) is 4.74 Å². The van der Waals surface area contributed by atoms with Crippen LogP contribution in [-0.4, -0.2) is 36.8 Å². The number of likely N-dealkylation sites (N-methyl/N-ethyl adjacent to an activating group) is 1. The summed E-state index contributed by atoms with van der Waals surface area (Å²) in [4.78, 5) is 0.885. The minimum atomic E-state index is -0.979. The highest BCUT2D eigenvalue weighted by atomic mass is 32.2. The zero-order valence-corrected chi connectivity index (χ0v) is 12.4. The third kappa shape index (κ3) is 4.52. The van der Waals surface area contributed by atoms with E-state index in [0.717, 1.165) is 4.90 Å². The van der Waals surface area contributed by atoms with Gasteiger partial charge in [-0.15, -0.1) is 0 Å². The van der Waals surface area contributed by atoms with Crippen molar-refractivity contribution in [2.24, 2.45) is 0 Å². The highest BCUT2D eigenvalue weighted by molar-refractivity contribution is 7.85. The standard InChI is InChI=1S/C14H23NO2S/c1-11(2)12-5-7-14(8-6-12)18(16)10-13(15-3)9-17-4/h5-8,11,13,15H,9-10H2,1-4H3. The molecule has 2 atom stereocenters. The molecule has 102 valence electrons. The Morgan fingerprint density at radius 1 is 1.28 bits per heavy atom. The second-order valence-corrected chi connectivity index (χ2v) is 6.17. The van der Waals surface area contributed by atoms with E-state index < -0.39 is 10.8 Å². The van der Waals surface area contributed by atoms with Gasteiger partial charge in [0, 0.05) is 23.8 Å². The van der Waals surface area contributed by atoms with Crippen molar-refractivity contribution in [1.82, 2.24) is 5.32 Å². The maximum Gasteiger partial charge on any atom is 0.0624 e. The summed E-state index contributed by atoms with van der Waals surface area (Å²) in [6.45, 7) is 4.88. The first-order valence-electron chi connectivity index (χ1n) is 6.23. The smallest absolute Gasteiger partial charge is 0.0624 e. The van der Waals surface area contributed by atoms with Gasteiger partial charge in [-0.2, -0.15) is 0 Å². The first-order chi connectivity index (χ1) is 8.58. The predicted molar refractivity (Wildman–Crippen MR) is 76.5 cm³/mol. The van der Waals surface area contributed by atoms with Crippen LogP contribution in [0, 0.1) is 0 Å². The summed E-state index contributed by atoms with van der Waals surface area (Å²) >= 11 is 0. The third-order valence-corrected chi connectivity index (χ3v) is 4.44. The van der Waals surface area contributed by atoms with Crippen LogP contribution in [0.3, 0.4) is 0 Å². The SMILES string of the molecule is CNC(COC)CS(=O)c1ccc(C(C)C)cc1. The molecular formula is C14H23NO2S. The van der Waals surface area contributed by atoms with Crippen molar-refractivity contribution < 1.29 is 8.95 Å². The Morgan fingerprint density at radius 3 is 2.33 bits per heavy atom. The van der Waals surface area contributed by atoms with Gasteiger partial charge in [0.25, 0.3) is 0 Å². The van der Waals surface area contributed by atoms with E-state index in [2.05, 4.69) is 31.3 Å². The Balaban J connectivity index is 2.66. The van der Waals surface area contributed by atoms with E-state index in [9.17, 15) is 4.21 Å². The third-order valence-electron chi connectivity index (χ3n) is 2.94. The van der Waals surface area contributed by atoms with E-state index in [-0.39, 0.29) is 6.04 Å². The van der Waals surface area contributed by atoms with Gasteiger partial charge in [0.1, 0.15) is 0 Å². The fourth-order valence-electron chi connectivity index (χ4n) is 1.70. The predicted octanol–water partition coefficient (Wildman–Crippen LogP) is 2.15. The molecule has 0 aliphatic heterocycles. The molecule has 1 aromatic carbocycles. The van der Waals surface area contributed by atoms with Gasteiger partial charge in [-0.3, -0.25) is 4.21 Å². The van der Waals surface area contributed by atoms with E-state index in [0.29, 0.717) is 18.3 Å². The van der Waals surface area contributed by atoms with E-state index in [1.54, 1.807) is 7.11 Å². The average molecular weight is 269 g/mol. The lowest BCUT2D eigenvalue weighted by molar-refractivity contribution is 0.176. The van der Waals surface area contributed by atoms with E-state index in [1.165, 1.54) is 5.56 Å². The number of ether oxygens (including phenoxy) is 1. The molecule has 0 spiro atoms. The van der Waals surface area contributed by atoms with Crippen LogP contribution in [0.15, 0.2) is 29.2 Å². The fourth-order valence-corrected chi connectivity index (χ4v) is 2.96. The van der Waals surface area contributed by atoms with Gasteiger partial charge in [0.05, 0.1) is 17.4 Å². The van der Waals surface area contributed by atoms with E-state index >= 15 is 0 Å². The van der Waals surface area contributed by atoms with Crippen LogP contribution in [0.4, 0.5) is 0 Å². The van der Waals surface area contributed by atoms with Gasteiger partial charge in [-0.1, -0.05) is 26.0 Å². The Hall–Kier alpha value is -0.710. The molecule has 0 amide bonds. The first kappa shape index (κ1) is 15.3. The number of benzene rings is 1. The number of methoxy groups -OCH3 is 1. The molecule has 4 heteroatoms. The second kappa shape index (κ2) is 7.67. The monoisotopic (exact) mass is 269 g/mol. The van der Waals surface area contributed by atoms with Crippen molar-refractivity contribution in [3.63, 3.8) is 0 Å². The van der Waals surface area contributed by atoms with Gasteiger partial charge in [0.15, 0.2) is 0 Å². The van der Waals surface area contributed by atoms with Crippen LogP contribution in [0.2, 0.25) is 0 Å². The lowest BCUT2D eigenvalue weighted by atomic mass is 10.0. The Labute approximate surface area is 112 Å². The van der Waals surface area contributed by atoms with Gasteiger partial charge in [-0.25, -0.2) is 0 Å². The highest BCUT2D eigenvalue weighted by Crippen LogP contribution is 2.16. The molecule has 1 N–H and O–H groups in total. The molecule has 1 rings (SSSR count). The Morgan fingerprint density at radius 2 is 1.89 bits per heavy atom. The van der Waals surface area contributed by atoms with Crippen molar-refractivity contribution >= 4 is 10.8 Å². The summed E-state index contributed by atoms with van der Waals surface area (Å²) in [5, 5.41) is 3.12. The van der Waals surface area contributed by atoms with Crippen LogP contribution >= 0.6 is 0 Å². The van der Waals surface area contributed by atoms with Crippen molar-refractivity contribution in [2.75, 3.05) is 26.5 Å². The zero-order valence-electron chi connectivity index (χ0n) is 11.6. The van der Waals surface area contributed by atoms with Crippen LogP contribution in [0.5, 0.6) is 0 Å². The fraction of sp³-hybridized carbons (Fsp3) is 0.571. The summed E-state index contributed by atoms with van der Waals surface area (Å²) in [6, 6.07) is 8.17. The second-order valence-electron chi connectivity index (χ2n) is 4.68. The Bertz CT molecular complexity index is 376. The van der Waals surface area contributed by atoms with E-state index in [1.807, 2.05) is 19.2 Å². The minimum Gasteiger partial charge on any atom is -0.383 e. The first-order valence-corrected chi connectivity index (χ1v) is 7.55. The van der Waals surface area contributed by atoms with Crippen molar-refractivity contribution in [3.05, 3.63) is 29.8 Å².